The van der Waals surface area contributed by atoms with Gasteiger partial charge < -0.3 is 14.7 Å². The van der Waals surface area contributed by atoms with Crippen molar-refractivity contribution >= 4 is 0 Å². The molecule has 24 heavy (non-hydrogen) atoms. The molecule has 2 aliphatic heterocycles. The van der Waals surface area contributed by atoms with E-state index in [-0.39, 0.29) is 6.61 Å². The van der Waals surface area contributed by atoms with Gasteiger partial charge in [0, 0.05) is 31.6 Å². The topological polar surface area (TPSA) is 63.4 Å². The first-order valence-corrected chi connectivity index (χ1v) is 9.53. The summed E-state index contributed by atoms with van der Waals surface area (Å²) in [5.41, 5.74) is 0. The van der Waals surface area contributed by atoms with Crippen LogP contribution in [0.4, 0.5) is 0 Å². The van der Waals surface area contributed by atoms with E-state index in [1.807, 2.05) is 4.68 Å². The van der Waals surface area contributed by atoms with Crippen molar-refractivity contribution in [3.8, 4) is 0 Å². The molecule has 6 nitrogen and oxygen atoms in total. The van der Waals surface area contributed by atoms with Gasteiger partial charge in [0.2, 0.25) is 0 Å². The Hall–Kier alpha value is -0.980. The Kier molecular flexibility index (Phi) is 6.25. The third-order valence-electron chi connectivity index (χ3n) is 5.25. The lowest BCUT2D eigenvalue weighted by molar-refractivity contribution is 0.0246. The van der Waals surface area contributed by atoms with Crippen LogP contribution in [0, 0.1) is 5.92 Å². The number of aliphatic hydroxyl groups is 1. The number of piperidine rings is 1. The molecular weight excluding hydrogens is 304 g/mol. The number of hydrogen-bond acceptors (Lipinski definition) is 5. The molecule has 0 bridgehead atoms. The van der Waals surface area contributed by atoms with E-state index in [9.17, 15) is 5.11 Å². The molecule has 0 aromatic carbocycles. The van der Waals surface area contributed by atoms with Gasteiger partial charge in [-0.15, -0.1) is 0 Å². The molecule has 3 heterocycles. The fraction of sp³-hybridized carbons (Fsp3) is 0.889. The van der Waals surface area contributed by atoms with E-state index in [2.05, 4.69) is 23.8 Å². The molecule has 0 saturated carbocycles. The summed E-state index contributed by atoms with van der Waals surface area (Å²) < 4.78 is 7.44. The SMILES string of the molecule is CC(C)Cc1nc(C2CCN(C3CCOCC3)CC2)n(CCO)n1. The van der Waals surface area contributed by atoms with Gasteiger partial charge in [0.25, 0.3) is 0 Å². The number of likely N-dealkylation sites (tertiary alicyclic amines) is 1. The summed E-state index contributed by atoms with van der Waals surface area (Å²) in [5.74, 6) is 3.05. The minimum Gasteiger partial charge on any atom is -0.394 e. The molecule has 6 heteroatoms. The molecule has 1 aromatic heterocycles. The second-order valence-electron chi connectivity index (χ2n) is 7.58. The number of nitrogens with zero attached hydrogens (tertiary/aromatic N) is 4. The van der Waals surface area contributed by atoms with Crippen LogP contribution >= 0.6 is 0 Å². The van der Waals surface area contributed by atoms with Gasteiger partial charge in [-0.05, 0) is 44.7 Å². The van der Waals surface area contributed by atoms with Crippen LogP contribution in [-0.4, -0.2) is 63.7 Å². The Morgan fingerprint density at radius 1 is 1.17 bits per heavy atom. The third kappa shape index (κ3) is 4.35. The Morgan fingerprint density at radius 3 is 2.50 bits per heavy atom. The van der Waals surface area contributed by atoms with E-state index in [1.54, 1.807) is 0 Å². The van der Waals surface area contributed by atoms with Gasteiger partial charge in [0.15, 0.2) is 5.82 Å². The van der Waals surface area contributed by atoms with Crippen molar-refractivity contribution in [2.45, 2.75) is 64.5 Å². The molecule has 2 saturated heterocycles. The number of aromatic nitrogens is 3. The molecule has 0 aliphatic carbocycles. The lowest BCUT2D eigenvalue weighted by Crippen LogP contribution is -2.44. The smallest absolute Gasteiger partial charge is 0.151 e. The quantitative estimate of drug-likeness (QED) is 0.859. The molecule has 0 amide bonds. The van der Waals surface area contributed by atoms with Gasteiger partial charge in [-0.1, -0.05) is 13.8 Å². The molecular formula is C18H32N4O2. The maximum atomic E-state index is 9.34. The fourth-order valence-corrected chi connectivity index (χ4v) is 3.99. The summed E-state index contributed by atoms with van der Waals surface area (Å²) in [6.45, 7) is 9.17. The minimum absolute atomic E-state index is 0.123. The van der Waals surface area contributed by atoms with Crippen LogP contribution in [-0.2, 0) is 17.7 Å². The zero-order valence-electron chi connectivity index (χ0n) is 15.2. The standard InChI is InChI=1S/C18H32N4O2/c1-14(2)13-17-19-18(22(20-17)9-10-23)15-3-7-21(8-4-15)16-5-11-24-12-6-16/h14-16,23H,3-13H2,1-2H3. The van der Waals surface area contributed by atoms with Gasteiger partial charge in [0.1, 0.15) is 5.82 Å². The van der Waals surface area contributed by atoms with Gasteiger partial charge in [-0.2, -0.15) is 5.10 Å². The predicted octanol–water partition coefficient (Wildman–Crippen LogP) is 1.83. The Balaban J connectivity index is 1.63. The van der Waals surface area contributed by atoms with Gasteiger partial charge >= 0.3 is 0 Å². The Bertz CT molecular complexity index is 503. The minimum atomic E-state index is 0.123. The lowest BCUT2D eigenvalue weighted by Gasteiger charge is -2.39. The van der Waals surface area contributed by atoms with Crippen molar-refractivity contribution in [1.82, 2.24) is 19.7 Å². The predicted molar refractivity (Wildman–Crippen MR) is 93.0 cm³/mol. The monoisotopic (exact) mass is 336 g/mol. The van der Waals surface area contributed by atoms with E-state index in [1.165, 1.54) is 12.8 Å². The fourth-order valence-electron chi connectivity index (χ4n) is 3.99. The molecule has 0 unspecified atom stereocenters. The van der Waals surface area contributed by atoms with Crippen LogP contribution in [0.3, 0.4) is 0 Å². The summed E-state index contributed by atoms with van der Waals surface area (Å²) in [7, 11) is 0. The van der Waals surface area contributed by atoms with Crippen molar-refractivity contribution in [2.75, 3.05) is 32.9 Å². The number of rotatable bonds is 6. The molecule has 136 valence electrons. The third-order valence-corrected chi connectivity index (χ3v) is 5.25. The lowest BCUT2D eigenvalue weighted by atomic mass is 9.93. The van der Waals surface area contributed by atoms with Crippen LogP contribution in [0.25, 0.3) is 0 Å². The average Bonchev–Trinajstić information content (AvgIpc) is 2.98. The second-order valence-corrected chi connectivity index (χ2v) is 7.58. The first-order valence-electron chi connectivity index (χ1n) is 9.53. The van der Waals surface area contributed by atoms with Crippen molar-refractivity contribution in [3.63, 3.8) is 0 Å². The molecule has 2 fully saturated rings. The maximum absolute atomic E-state index is 9.34. The van der Waals surface area contributed by atoms with Crippen LogP contribution in [0.15, 0.2) is 0 Å². The molecule has 1 N–H and O–H groups in total. The van der Waals surface area contributed by atoms with Crippen molar-refractivity contribution < 1.29 is 9.84 Å². The summed E-state index contributed by atoms with van der Waals surface area (Å²) in [4.78, 5) is 7.47. The van der Waals surface area contributed by atoms with Crippen molar-refractivity contribution in [3.05, 3.63) is 11.6 Å². The van der Waals surface area contributed by atoms with E-state index < -0.39 is 0 Å². The van der Waals surface area contributed by atoms with Gasteiger partial charge in [-0.3, -0.25) is 0 Å². The number of hydrogen-bond donors (Lipinski definition) is 1. The van der Waals surface area contributed by atoms with E-state index in [0.717, 1.165) is 57.2 Å². The highest BCUT2D eigenvalue weighted by molar-refractivity contribution is 5.03. The first-order chi connectivity index (χ1) is 11.7. The van der Waals surface area contributed by atoms with E-state index in [0.29, 0.717) is 24.4 Å². The maximum Gasteiger partial charge on any atom is 0.151 e. The molecule has 0 atom stereocenters. The highest BCUT2D eigenvalue weighted by atomic mass is 16.5. The average molecular weight is 336 g/mol. The van der Waals surface area contributed by atoms with Crippen molar-refractivity contribution in [2.24, 2.45) is 5.92 Å². The van der Waals surface area contributed by atoms with Crippen LogP contribution in [0.2, 0.25) is 0 Å². The summed E-state index contributed by atoms with van der Waals surface area (Å²) >= 11 is 0. The highest BCUT2D eigenvalue weighted by Crippen LogP contribution is 2.29. The summed E-state index contributed by atoms with van der Waals surface area (Å²) in [6.07, 6.45) is 5.53. The normalized spacial score (nSPS) is 21.7. The van der Waals surface area contributed by atoms with Gasteiger partial charge in [-0.25, -0.2) is 9.67 Å². The second kappa shape index (κ2) is 8.41. The largest absolute Gasteiger partial charge is 0.394 e. The Morgan fingerprint density at radius 2 is 1.88 bits per heavy atom. The van der Waals surface area contributed by atoms with Gasteiger partial charge in [0.05, 0.1) is 13.2 Å². The molecule has 3 rings (SSSR count). The van der Waals surface area contributed by atoms with E-state index in [4.69, 9.17) is 9.72 Å². The molecule has 0 spiro atoms. The van der Waals surface area contributed by atoms with Crippen LogP contribution in [0.5, 0.6) is 0 Å². The Labute approximate surface area is 145 Å². The summed E-state index contributed by atoms with van der Waals surface area (Å²) in [5, 5.41) is 14.0. The zero-order chi connectivity index (χ0) is 16.9. The number of ether oxygens (including phenoxy) is 1. The molecule has 1 aromatic rings. The van der Waals surface area contributed by atoms with Crippen LogP contribution in [0.1, 0.15) is 57.1 Å². The first kappa shape index (κ1) is 17.8. The number of aliphatic hydroxyl groups excluding tert-OH is 1. The van der Waals surface area contributed by atoms with Crippen LogP contribution < -0.4 is 0 Å². The zero-order valence-corrected chi connectivity index (χ0v) is 15.2. The van der Waals surface area contributed by atoms with E-state index >= 15 is 0 Å². The van der Waals surface area contributed by atoms with Crippen molar-refractivity contribution in [1.29, 1.82) is 0 Å². The highest BCUT2D eigenvalue weighted by Gasteiger charge is 2.29. The summed E-state index contributed by atoms with van der Waals surface area (Å²) in [6, 6.07) is 0.700. The molecule has 0 radical (unpaired) electrons. The molecule has 2 aliphatic rings.